The Morgan fingerprint density at radius 3 is 2.12 bits per heavy atom. The number of carbonyl (C=O) groups is 2. The van der Waals surface area contributed by atoms with Gasteiger partial charge >= 0.3 is 11.9 Å². The van der Waals surface area contributed by atoms with E-state index in [1.807, 2.05) is 0 Å². The molecule has 2 rings (SSSR count). The number of hydrogen-bond donors (Lipinski definition) is 2. The van der Waals surface area contributed by atoms with Crippen LogP contribution in [0.1, 0.15) is 20.7 Å². The van der Waals surface area contributed by atoms with Crippen LogP contribution in [-0.2, 0) is 0 Å². The normalized spacial score (nSPS) is 10.2. The highest BCUT2D eigenvalue weighted by Gasteiger charge is 2.27. The standard InChI is InChI=1S/C14H7Cl2NO7/c15-6-1-2-11(9(16)3-6)24-12-5-7(13(18)19)10(17(22)23)4-8(12)14(20)21/h1-5H,(H,18,19)(H,20,21). The van der Waals surface area contributed by atoms with Gasteiger partial charge in [-0.05, 0) is 18.2 Å². The molecule has 0 bridgehead atoms. The predicted octanol–water partition coefficient (Wildman–Crippen LogP) is 4.09. The van der Waals surface area contributed by atoms with Crippen LogP contribution >= 0.6 is 23.2 Å². The highest BCUT2D eigenvalue weighted by molar-refractivity contribution is 6.35. The molecule has 2 N–H and O–H groups in total. The maximum atomic E-state index is 11.3. The van der Waals surface area contributed by atoms with Gasteiger partial charge in [0, 0.05) is 17.2 Å². The van der Waals surface area contributed by atoms with Gasteiger partial charge in [0.05, 0.1) is 9.95 Å². The van der Waals surface area contributed by atoms with Gasteiger partial charge in [-0.2, -0.15) is 0 Å². The molecule has 0 saturated carbocycles. The Morgan fingerprint density at radius 1 is 1.00 bits per heavy atom. The molecule has 0 spiro atoms. The number of carboxylic acids is 2. The van der Waals surface area contributed by atoms with Crippen molar-refractivity contribution in [3.63, 3.8) is 0 Å². The van der Waals surface area contributed by atoms with E-state index in [1.54, 1.807) is 0 Å². The first-order valence-electron chi connectivity index (χ1n) is 6.12. The van der Waals surface area contributed by atoms with Crippen LogP contribution in [0.25, 0.3) is 0 Å². The molecule has 0 fully saturated rings. The fraction of sp³-hybridized carbons (Fsp3) is 0. The molecular weight excluding hydrogens is 365 g/mol. The van der Waals surface area contributed by atoms with Crippen LogP contribution in [0.15, 0.2) is 30.3 Å². The summed E-state index contributed by atoms with van der Waals surface area (Å²) in [5.74, 6) is -3.54. The van der Waals surface area contributed by atoms with E-state index in [2.05, 4.69) is 0 Å². The topological polar surface area (TPSA) is 127 Å². The quantitative estimate of drug-likeness (QED) is 0.598. The van der Waals surface area contributed by atoms with Crippen LogP contribution in [0, 0.1) is 10.1 Å². The zero-order chi connectivity index (χ0) is 18.0. The summed E-state index contributed by atoms with van der Waals surface area (Å²) in [7, 11) is 0. The minimum Gasteiger partial charge on any atom is -0.478 e. The van der Waals surface area contributed by atoms with Gasteiger partial charge in [0.2, 0.25) is 0 Å². The van der Waals surface area contributed by atoms with E-state index < -0.39 is 39.4 Å². The largest absolute Gasteiger partial charge is 0.478 e. The van der Waals surface area contributed by atoms with Crippen LogP contribution in [0.4, 0.5) is 5.69 Å². The summed E-state index contributed by atoms with van der Waals surface area (Å²) in [6.45, 7) is 0. The molecule has 24 heavy (non-hydrogen) atoms. The Balaban J connectivity index is 2.63. The van der Waals surface area contributed by atoms with Crippen molar-refractivity contribution in [3.8, 4) is 11.5 Å². The van der Waals surface area contributed by atoms with Gasteiger partial charge in [0.15, 0.2) is 0 Å². The van der Waals surface area contributed by atoms with Crippen LogP contribution in [0.3, 0.4) is 0 Å². The second-order valence-corrected chi connectivity index (χ2v) is 5.25. The third-order valence-corrected chi connectivity index (χ3v) is 3.40. The van der Waals surface area contributed by atoms with Crippen molar-refractivity contribution in [2.24, 2.45) is 0 Å². The van der Waals surface area contributed by atoms with Gasteiger partial charge in [-0.1, -0.05) is 23.2 Å². The average molecular weight is 372 g/mol. The van der Waals surface area contributed by atoms with Gasteiger partial charge < -0.3 is 14.9 Å². The molecule has 0 aliphatic heterocycles. The first kappa shape index (κ1) is 17.5. The van der Waals surface area contributed by atoms with Crippen LogP contribution in [0.2, 0.25) is 10.0 Å². The molecule has 8 nitrogen and oxygen atoms in total. The number of benzene rings is 2. The highest BCUT2D eigenvalue weighted by atomic mass is 35.5. The van der Waals surface area contributed by atoms with E-state index in [1.165, 1.54) is 18.2 Å². The SMILES string of the molecule is O=C(O)c1cc([N+](=O)[O-])c(C(=O)O)cc1Oc1ccc(Cl)cc1Cl. The third-order valence-electron chi connectivity index (χ3n) is 2.87. The number of nitro groups is 1. The molecule has 0 amide bonds. The number of halogens is 2. The molecule has 0 atom stereocenters. The molecule has 2 aromatic rings. The molecule has 10 heteroatoms. The Labute approximate surface area is 144 Å². The summed E-state index contributed by atoms with van der Waals surface area (Å²) in [6, 6.07) is 5.48. The molecular formula is C14H7Cl2NO7. The maximum absolute atomic E-state index is 11.3. The van der Waals surface area contributed by atoms with Crippen LogP contribution in [0.5, 0.6) is 11.5 Å². The summed E-state index contributed by atoms with van der Waals surface area (Å²) in [5.41, 5.74) is -2.17. The minimum absolute atomic E-state index is 0.00811. The first-order chi connectivity index (χ1) is 11.2. The lowest BCUT2D eigenvalue weighted by atomic mass is 10.1. The lowest BCUT2D eigenvalue weighted by Gasteiger charge is -2.11. The molecule has 2 aromatic carbocycles. The average Bonchev–Trinajstić information content (AvgIpc) is 2.49. The fourth-order valence-corrected chi connectivity index (χ4v) is 2.27. The molecule has 0 aliphatic rings. The Kier molecular flexibility index (Phi) is 4.91. The zero-order valence-corrected chi connectivity index (χ0v) is 13.0. The van der Waals surface area contributed by atoms with E-state index >= 15 is 0 Å². The lowest BCUT2D eigenvalue weighted by Crippen LogP contribution is -2.08. The van der Waals surface area contributed by atoms with Crippen molar-refractivity contribution in [1.29, 1.82) is 0 Å². The lowest BCUT2D eigenvalue weighted by molar-refractivity contribution is -0.385. The van der Waals surface area contributed by atoms with Crippen LogP contribution in [-0.4, -0.2) is 27.1 Å². The number of nitrogens with zero attached hydrogens (tertiary/aromatic N) is 1. The first-order valence-corrected chi connectivity index (χ1v) is 6.88. The van der Waals surface area contributed by atoms with Crippen molar-refractivity contribution in [2.75, 3.05) is 0 Å². The number of ether oxygens (including phenoxy) is 1. The number of hydrogen-bond acceptors (Lipinski definition) is 5. The molecule has 0 heterocycles. The monoisotopic (exact) mass is 371 g/mol. The van der Waals surface area contributed by atoms with Crippen molar-refractivity contribution in [1.82, 2.24) is 0 Å². The predicted molar refractivity (Wildman–Crippen MR) is 83.6 cm³/mol. The highest BCUT2D eigenvalue weighted by Crippen LogP contribution is 2.36. The molecule has 0 radical (unpaired) electrons. The van der Waals surface area contributed by atoms with Gasteiger partial charge in [-0.15, -0.1) is 0 Å². The summed E-state index contributed by atoms with van der Waals surface area (Å²) in [5, 5.41) is 29.6. The number of rotatable bonds is 5. The van der Waals surface area contributed by atoms with E-state index in [4.69, 9.17) is 33.0 Å². The number of nitro benzene ring substituents is 1. The zero-order valence-electron chi connectivity index (χ0n) is 11.5. The van der Waals surface area contributed by atoms with Crippen molar-refractivity contribution in [2.45, 2.75) is 0 Å². The summed E-state index contributed by atoms with van der Waals surface area (Å²) < 4.78 is 5.32. The van der Waals surface area contributed by atoms with Gasteiger partial charge in [-0.3, -0.25) is 10.1 Å². The van der Waals surface area contributed by atoms with Gasteiger partial charge in [0.25, 0.3) is 5.69 Å². The molecule has 124 valence electrons. The Hall–Kier alpha value is -2.84. The molecule has 0 saturated heterocycles. The summed E-state index contributed by atoms with van der Waals surface area (Å²) >= 11 is 11.7. The Morgan fingerprint density at radius 2 is 1.62 bits per heavy atom. The van der Waals surface area contributed by atoms with Crippen molar-refractivity contribution < 1.29 is 29.5 Å². The molecule has 0 aliphatic carbocycles. The van der Waals surface area contributed by atoms with E-state index in [0.29, 0.717) is 11.1 Å². The smallest absolute Gasteiger partial charge is 0.342 e. The second-order valence-electron chi connectivity index (χ2n) is 4.41. The van der Waals surface area contributed by atoms with Crippen LogP contribution < -0.4 is 4.74 Å². The third kappa shape index (κ3) is 3.55. The summed E-state index contributed by atoms with van der Waals surface area (Å²) in [4.78, 5) is 32.4. The second kappa shape index (κ2) is 6.73. The number of aromatic carboxylic acids is 2. The molecule has 0 aromatic heterocycles. The fourth-order valence-electron chi connectivity index (χ4n) is 1.82. The van der Waals surface area contributed by atoms with Gasteiger partial charge in [-0.25, -0.2) is 9.59 Å². The Bertz CT molecular complexity index is 866. The van der Waals surface area contributed by atoms with Crippen molar-refractivity contribution >= 4 is 40.8 Å². The number of carboxylic acid groups (broad SMARTS) is 2. The van der Waals surface area contributed by atoms with Gasteiger partial charge in [0.1, 0.15) is 22.6 Å². The molecule has 0 unspecified atom stereocenters. The van der Waals surface area contributed by atoms with E-state index in [9.17, 15) is 24.8 Å². The minimum atomic E-state index is -1.61. The van der Waals surface area contributed by atoms with Crippen molar-refractivity contribution in [3.05, 3.63) is 61.6 Å². The van der Waals surface area contributed by atoms with E-state index in [0.717, 1.165) is 6.07 Å². The maximum Gasteiger partial charge on any atom is 0.342 e. The summed E-state index contributed by atoms with van der Waals surface area (Å²) in [6.07, 6.45) is 0. The van der Waals surface area contributed by atoms with E-state index in [-0.39, 0.29) is 10.8 Å².